The van der Waals surface area contributed by atoms with Crippen LogP contribution in [0.25, 0.3) is 0 Å². The fraction of sp³-hybridized carbons (Fsp3) is 0.562. The summed E-state index contributed by atoms with van der Waals surface area (Å²) in [5, 5.41) is 2.85. The molecule has 25 heavy (non-hydrogen) atoms. The number of nitrogens with one attached hydrogen (secondary N) is 1. The molecule has 2 atom stereocenters. The molecule has 1 fully saturated rings. The number of hydrogen-bond acceptors (Lipinski definition) is 6. The fourth-order valence-corrected chi connectivity index (χ4v) is 3.82. The number of methoxy groups -OCH3 is 2. The Morgan fingerprint density at radius 3 is 2.60 bits per heavy atom. The monoisotopic (exact) mass is 372 g/mol. The minimum Gasteiger partial charge on any atom is -0.493 e. The lowest BCUT2D eigenvalue weighted by atomic mass is 10.1. The van der Waals surface area contributed by atoms with Gasteiger partial charge in [0.05, 0.1) is 44.8 Å². The first kappa shape index (κ1) is 19.5. The summed E-state index contributed by atoms with van der Waals surface area (Å²) in [4.78, 5) is 12.6. The lowest BCUT2D eigenvalue weighted by molar-refractivity contribution is 0.0922. The van der Waals surface area contributed by atoms with Gasteiger partial charge in [-0.15, -0.1) is 0 Å². The van der Waals surface area contributed by atoms with E-state index in [-0.39, 0.29) is 30.8 Å². The van der Waals surface area contributed by atoms with Gasteiger partial charge in [0, 0.05) is 20.0 Å². The van der Waals surface area contributed by atoms with E-state index in [1.165, 1.54) is 32.6 Å². The summed E-state index contributed by atoms with van der Waals surface area (Å²) in [5.41, 5.74) is 0.322. The van der Waals surface area contributed by atoms with Crippen molar-refractivity contribution in [2.75, 3.05) is 47.3 Å². The number of rotatable bonds is 7. The molecule has 1 aromatic rings. The van der Waals surface area contributed by atoms with Crippen LogP contribution in [0.15, 0.2) is 18.2 Å². The number of ether oxygens (including phenoxy) is 3. The Labute approximate surface area is 148 Å². The Balaban J connectivity index is 2.15. The third-order valence-corrected chi connectivity index (χ3v) is 6.11. The molecular weight excluding hydrogens is 348 g/mol. The Morgan fingerprint density at radius 1 is 1.28 bits per heavy atom. The van der Waals surface area contributed by atoms with E-state index in [4.69, 9.17) is 14.2 Å². The van der Waals surface area contributed by atoms with Crippen molar-refractivity contribution in [2.45, 2.75) is 6.04 Å². The Morgan fingerprint density at radius 2 is 2.00 bits per heavy atom. The molecule has 1 aliphatic rings. The molecule has 0 spiro atoms. The van der Waals surface area contributed by atoms with E-state index >= 15 is 0 Å². The molecule has 1 aliphatic heterocycles. The van der Waals surface area contributed by atoms with Crippen molar-refractivity contribution >= 4 is 15.9 Å². The molecule has 1 N–H and O–H groups in total. The van der Waals surface area contributed by atoms with E-state index in [1.807, 2.05) is 0 Å². The Bertz CT molecular complexity index is 719. The van der Waals surface area contributed by atoms with E-state index in [0.717, 1.165) is 0 Å². The molecule has 0 aliphatic carbocycles. The molecule has 8 nitrogen and oxygen atoms in total. The van der Waals surface area contributed by atoms with Crippen LogP contribution in [-0.2, 0) is 14.8 Å². The molecule has 0 radical (unpaired) electrons. The Kier molecular flexibility index (Phi) is 6.26. The zero-order valence-electron chi connectivity index (χ0n) is 14.8. The molecule has 2 rings (SSSR count). The smallest absolute Gasteiger partial charge is 0.255 e. The van der Waals surface area contributed by atoms with Gasteiger partial charge in [0.25, 0.3) is 5.91 Å². The van der Waals surface area contributed by atoms with Crippen LogP contribution >= 0.6 is 0 Å². The largest absolute Gasteiger partial charge is 0.493 e. The van der Waals surface area contributed by atoms with Crippen molar-refractivity contribution in [2.24, 2.45) is 5.92 Å². The first-order valence-corrected chi connectivity index (χ1v) is 9.41. The van der Waals surface area contributed by atoms with E-state index in [1.54, 1.807) is 18.2 Å². The first-order valence-electron chi connectivity index (χ1n) is 7.80. The lowest BCUT2D eigenvalue weighted by Gasteiger charge is -2.21. The summed E-state index contributed by atoms with van der Waals surface area (Å²) in [7, 11) is 2.54. The molecule has 1 amide bonds. The summed E-state index contributed by atoms with van der Waals surface area (Å²) < 4.78 is 41.2. The van der Waals surface area contributed by atoms with Crippen LogP contribution in [0.2, 0.25) is 0 Å². The van der Waals surface area contributed by atoms with E-state index in [2.05, 4.69) is 5.32 Å². The van der Waals surface area contributed by atoms with Gasteiger partial charge < -0.3 is 19.5 Å². The van der Waals surface area contributed by atoms with Crippen LogP contribution in [0.1, 0.15) is 10.4 Å². The van der Waals surface area contributed by atoms with Crippen LogP contribution in [0.3, 0.4) is 0 Å². The lowest BCUT2D eigenvalue weighted by Crippen LogP contribution is -2.43. The van der Waals surface area contributed by atoms with Gasteiger partial charge in [-0.2, -0.15) is 0 Å². The van der Waals surface area contributed by atoms with Crippen molar-refractivity contribution < 1.29 is 27.4 Å². The molecule has 1 aromatic carbocycles. The molecule has 0 bridgehead atoms. The number of amides is 1. The molecular formula is C16H24N2O6S. The predicted octanol–water partition coefficient (Wildman–Crippen LogP) is 0.340. The number of para-hydroxylation sites is 1. The molecule has 1 saturated heterocycles. The van der Waals surface area contributed by atoms with Crippen LogP contribution in [0.5, 0.6) is 11.5 Å². The first-order chi connectivity index (χ1) is 11.8. The van der Waals surface area contributed by atoms with E-state index in [0.29, 0.717) is 17.1 Å². The van der Waals surface area contributed by atoms with Gasteiger partial charge >= 0.3 is 0 Å². The maximum atomic E-state index is 12.6. The quantitative estimate of drug-likeness (QED) is 0.742. The number of benzene rings is 1. The highest BCUT2D eigenvalue weighted by atomic mass is 32.2. The number of sulfonamides is 1. The number of carbonyl (C=O) groups excluding carboxylic acids is 1. The van der Waals surface area contributed by atoms with E-state index < -0.39 is 16.1 Å². The summed E-state index contributed by atoms with van der Waals surface area (Å²) in [6.07, 6.45) is 0. The fourth-order valence-electron chi connectivity index (χ4n) is 2.65. The van der Waals surface area contributed by atoms with Gasteiger partial charge in [0.1, 0.15) is 0 Å². The van der Waals surface area contributed by atoms with Crippen molar-refractivity contribution in [3.63, 3.8) is 0 Å². The second-order valence-corrected chi connectivity index (χ2v) is 8.21. The summed E-state index contributed by atoms with van der Waals surface area (Å²) in [6.45, 7) is 0.554. The molecule has 9 heteroatoms. The average molecular weight is 372 g/mol. The van der Waals surface area contributed by atoms with Crippen LogP contribution in [0.4, 0.5) is 0 Å². The number of carbonyl (C=O) groups is 1. The second kappa shape index (κ2) is 8.03. The zero-order valence-corrected chi connectivity index (χ0v) is 15.6. The summed E-state index contributed by atoms with van der Waals surface area (Å²) >= 11 is 0. The predicted molar refractivity (Wildman–Crippen MR) is 92.6 cm³/mol. The Hall–Kier alpha value is -1.84. The minimum atomic E-state index is -3.38. The highest BCUT2D eigenvalue weighted by Gasteiger charge is 2.34. The molecule has 0 saturated carbocycles. The van der Waals surface area contributed by atoms with Crippen molar-refractivity contribution in [1.29, 1.82) is 0 Å². The van der Waals surface area contributed by atoms with Gasteiger partial charge in [0.15, 0.2) is 11.5 Å². The van der Waals surface area contributed by atoms with E-state index in [9.17, 15) is 13.2 Å². The zero-order chi connectivity index (χ0) is 18.6. The molecule has 0 aromatic heterocycles. The third kappa shape index (κ3) is 4.42. The minimum absolute atomic E-state index is 0.0831. The molecule has 140 valence electrons. The standard InChI is InChI=1S/C16H24N2O6S/c1-18(2)25(20,21)10-11-8-24-9-13(11)17-16(19)12-6-5-7-14(22-3)15(12)23-4/h5-7,11,13H,8-10H2,1-4H3,(H,17,19)/t11-,13-/m0/s1. The van der Waals surface area contributed by atoms with Gasteiger partial charge in [-0.05, 0) is 12.1 Å². The second-order valence-electron chi connectivity index (χ2n) is 5.98. The van der Waals surface area contributed by atoms with Crippen LogP contribution in [0, 0.1) is 5.92 Å². The van der Waals surface area contributed by atoms with Gasteiger partial charge in [-0.25, -0.2) is 12.7 Å². The normalized spacial score (nSPS) is 20.5. The maximum Gasteiger partial charge on any atom is 0.255 e. The highest BCUT2D eigenvalue weighted by molar-refractivity contribution is 7.89. The van der Waals surface area contributed by atoms with Crippen molar-refractivity contribution in [3.8, 4) is 11.5 Å². The number of nitrogens with zero attached hydrogens (tertiary/aromatic N) is 1. The summed E-state index contributed by atoms with van der Waals surface area (Å²) in [5.74, 6) is 0.0232. The SMILES string of the molecule is COc1cccc(C(=O)N[C@H]2COC[C@H]2CS(=O)(=O)N(C)C)c1OC. The summed E-state index contributed by atoms with van der Waals surface area (Å²) in [6, 6.07) is 4.62. The van der Waals surface area contributed by atoms with Crippen LogP contribution in [-0.4, -0.2) is 72.0 Å². The topological polar surface area (TPSA) is 94.2 Å². The van der Waals surface area contributed by atoms with Gasteiger partial charge in [-0.1, -0.05) is 6.07 Å². The maximum absolute atomic E-state index is 12.6. The van der Waals surface area contributed by atoms with Gasteiger partial charge in [-0.3, -0.25) is 4.79 Å². The van der Waals surface area contributed by atoms with Gasteiger partial charge in [0.2, 0.25) is 10.0 Å². The average Bonchev–Trinajstić information content (AvgIpc) is 2.99. The number of hydrogen-bond donors (Lipinski definition) is 1. The van der Waals surface area contributed by atoms with Crippen molar-refractivity contribution in [1.82, 2.24) is 9.62 Å². The molecule has 1 heterocycles. The third-order valence-electron chi connectivity index (χ3n) is 4.14. The van der Waals surface area contributed by atoms with Crippen molar-refractivity contribution in [3.05, 3.63) is 23.8 Å². The molecule has 0 unspecified atom stereocenters. The highest BCUT2D eigenvalue weighted by Crippen LogP contribution is 2.31. The van der Waals surface area contributed by atoms with Crippen LogP contribution < -0.4 is 14.8 Å².